The van der Waals surface area contributed by atoms with Gasteiger partial charge < -0.3 is 10.2 Å². The van der Waals surface area contributed by atoms with Gasteiger partial charge in [0, 0.05) is 25.6 Å². The van der Waals surface area contributed by atoms with Crippen LogP contribution in [0.3, 0.4) is 0 Å². The van der Waals surface area contributed by atoms with Crippen molar-refractivity contribution in [3.8, 4) is 0 Å². The van der Waals surface area contributed by atoms with Crippen LogP contribution < -0.4 is 5.32 Å². The van der Waals surface area contributed by atoms with Crippen molar-refractivity contribution in [2.75, 3.05) is 19.6 Å². The Bertz CT molecular complexity index is 197. The first-order chi connectivity index (χ1) is 8.61. The molecule has 0 aliphatic carbocycles. The number of rotatable bonds is 11. The fourth-order valence-corrected chi connectivity index (χ4v) is 1.85. The largest absolute Gasteiger partial charge is 0.343 e. The summed E-state index contributed by atoms with van der Waals surface area (Å²) in [6.07, 6.45) is 6.20. The molecule has 0 aliphatic rings. The second-order valence-corrected chi connectivity index (χ2v) is 5.30. The third-order valence-corrected chi connectivity index (χ3v) is 3.04. The van der Waals surface area contributed by atoms with E-state index in [4.69, 9.17) is 0 Å². The Balaban J connectivity index is 3.88. The second-order valence-electron chi connectivity index (χ2n) is 5.30. The van der Waals surface area contributed by atoms with E-state index in [0.29, 0.717) is 18.4 Å². The van der Waals surface area contributed by atoms with Gasteiger partial charge in [-0.05, 0) is 25.8 Å². The number of nitrogens with one attached hydrogen (secondary N) is 1. The molecule has 0 spiro atoms. The molecule has 0 aromatic carbocycles. The Morgan fingerprint density at radius 2 is 1.61 bits per heavy atom. The van der Waals surface area contributed by atoms with Gasteiger partial charge >= 0.3 is 0 Å². The first-order valence-corrected chi connectivity index (χ1v) is 7.62. The molecule has 0 aliphatic heterocycles. The normalized spacial score (nSPS) is 10.9. The average Bonchev–Trinajstić information content (AvgIpc) is 2.34. The molecular formula is C15H32N2O. The van der Waals surface area contributed by atoms with E-state index in [1.807, 2.05) is 0 Å². The Labute approximate surface area is 113 Å². The maximum atomic E-state index is 12.1. The Kier molecular flexibility index (Phi) is 11.2. The van der Waals surface area contributed by atoms with Crippen LogP contribution in [0, 0.1) is 0 Å². The molecule has 0 aromatic rings. The fraction of sp³-hybridized carbons (Fsp3) is 0.933. The lowest BCUT2D eigenvalue weighted by Gasteiger charge is -2.22. The van der Waals surface area contributed by atoms with Crippen molar-refractivity contribution in [1.29, 1.82) is 0 Å². The van der Waals surface area contributed by atoms with Gasteiger partial charge in [-0.3, -0.25) is 4.79 Å². The summed E-state index contributed by atoms with van der Waals surface area (Å²) in [6.45, 7) is 11.4. The molecule has 0 unspecified atom stereocenters. The van der Waals surface area contributed by atoms with Crippen molar-refractivity contribution in [2.45, 2.75) is 72.3 Å². The van der Waals surface area contributed by atoms with Gasteiger partial charge in [-0.25, -0.2) is 0 Å². The summed E-state index contributed by atoms with van der Waals surface area (Å²) in [6, 6.07) is 0.511. The van der Waals surface area contributed by atoms with Crippen LogP contribution in [0.5, 0.6) is 0 Å². The summed E-state index contributed by atoms with van der Waals surface area (Å²) in [4.78, 5) is 14.2. The molecular weight excluding hydrogens is 224 g/mol. The summed E-state index contributed by atoms with van der Waals surface area (Å²) in [5.74, 6) is 0.336. The zero-order chi connectivity index (χ0) is 13.8. The summed E-state index contributed by atoms with van der Waals surface area (Å²) < 4.78 is 0. The lowest BCUT2D eigenvalue weighted by molar-refractivity contribution is -0.131. The highest BCUT2D eigenvalue weighted by Crippen LogP contribution is 2.03. The van der Waals surface area contributed by atoms with Gasteiger partial charge in [0.05, 0.1) is 0 Å². The number of hydrogen-bond acceptors (Lipinski definition) is 2. The van der Waals surface area contributed by atoms with E-state index in [0.717, 1.165) is 51.7 Å². The lowest BCUT2D eigenvalue weighted by atomic mass is 10.2. The molecule has 1 N–H and O–H groups in total. The maximum Gasteiger partial charge on any atom is 0.222 e. The molecule has 0 saturated heterocycles. The first kappa shape index (κ1) is 17.4. The predicted molar refractivity (Wildman–Crippen MR) is 78.8 cm³/mol. The summed E-state index contributed by atoms with van der Waals surface area (Å²) >= 11 is 0. The van der Waals surface area contributed by atoms with Crippen LogP contribution in [0.1, 0.15) is 66.2 Å². The highest BCUT2D eigenvalue weighted by molar-refractivity contribution is 5.76. The average molecular weight is 256 g/mol. The Morgan fingerprint density at radius 3 is 2.06 bits per heavy atom. The molecule has 18 heavy (non-hydrogen) atoms. The van der Waals surface area contributed by atoms with Crippen molar-refractivity contribution in [3.05, 3.63) is 0 Å². The highest BCUT2D eigenvalue weighted by Gasteiger charge is 2.11. The quantitative estimate of drug-likeness (QED) is 0.576. The first-order valence-electron chi connectivity index (χ1n) is 7.62. The number of nitrogens with zero attached hydrogens (tertiary/aromatic N) is 1. The van der Waals surface area contributed by atoms with E-state index < -0.39 is 0 Å². The number of carbonyl (C=O) groups excluding carboxylic acids is 1. The number of unbranched alkanes of at least 4 members (excludes halogenated alkanes) is 2. The molecule has 0 fully saturated rings. The van der Waals surface area contributed by atoms with Gasteiger partial charge in [0.2, 0.25) is 5.91 Å². The minimum Gasteiger partial charge on any atom is -0.343 e. The molecule has 0 radical (unpaired) electrons. The molecule has 0 rings (SSSR count). The fourth-order valence-electron chi connectivity index (χ4n) is 1.85. The number of hydrogen-bond donors (Lipinski definition) is 1. The van der Waals surface area contributed by atoms with E-state index in [1.54, 1.807) is 0 Å². The van der Waals surface area contributed by atoms with E-state index in [9.17, 15) is 4.79 Å². The lowest BCUT2D eigenvalue weighted by Crippen LogP contribution is -2.33. The Hall–Kier alpha value is -0.570. The summed E-state index contributed by atoms with van der Waals surface area (Å²) in [7, 11) is 0. The van der Waals surface area contributed by atoms with Crippen LogP contribution in [0.25, 0.3) is 0 Å². The second kappa shape index (κ2) is 11.5. The van der Waals surface area contributed by atoms with Crippen LogP contribution >= 0.6 is 0 Å². The third kappa shape index (κ3) is 9.46. The molecule has 1 amide bonds. The van der Waals surface area contributed by atoms with E-state index in [2.05, 4.69) is 37.9 Å². The SMILES string of the molecule is CCCCN(CCCC)C(=O)CCCNC(C)C. The van der Waals surface area contributed by atoms with Crippen molar-refractivity contribution < 1.29 is 4.79 Å². The zero-order valence-electron chi connectivity index (χ0n) is 12.8. The van der Waals surface area contributed by atoms with Crippen molar-refractivity contribution in [2.24, 2.45) is 0 Å². The van der Waals surface area contributed by atoms with Gasteiger partial charge in [0.25, 0.3) is 0 Å². The molecule has 0 heterocycles. The topological polar surface area (TPSA) is 32.3 Å². The summed E-state index contributed by atoms with van der Waals surface area (Å²) in [5.41, 5.74) is 0. The monoisotopic (exact) mass is 256 g/mol. The smallest absolute Gasteiger partial charge is 0.222 e. The standard InChI is InChI=1S/C15H32N2O/c1-5-7-12-17(13-8-6-2)15(18)10-9-11-16-14(3)4/h14,16H,5-13H2,1-4H3. The van der Waals surface area contributed by atoms with Gasteiger partial charge in [-0.2, -0.15) is 0 Å². The van der Waals surface area contributed by atoms with Crippen molar-refractivity contribution in [3.63, 3.8) is 0 Å². The van der Waals surface area contributed by atoms with Crippen LogP contribution in [0.4, 0.5) is 0 Å². The zero-order valence-corrected chi connectivity index (χ0v) is 12.8. The van der Waals surface area contributed by atoms with E-state index in [1.165, 1.54) is 0 Å². The molecule has 3 heteroatoms. The van der Waals surface area contributed by atoms with Gasteiger partial charge in [-0.1, -0.05) is 40.5 Å². The van der Waals surface area contributed by atoms with Crippen molar-refractivity contribution in [1.82, 2.24) is 10.2 Å². The highest BCUT2D eigenvalue weighted by atomic mass is 16.2. The molecule has 0 saturated carbocycles. The number of carbonyl (C=O) groups is 1. The molecule has 0 bridgehead atoms. The number of amides is 1. The Morgan fingerprint density at radius 1 is 1.06 bits per heavy atom. The molecule has 3 nitrogen and oxygen atoms in total. The van der Waals surface area contributed by atoms with E-state index in [-0.39, 0.29) is 0 Å². The van der Waals surface area contributed by atoms with E-state index >= 15 is 0 Å². The van der Waals surface area contributed by atoms with Crippen LogP contribution in [0.15, 0.2) is 0 Å². The minimum atomic E-state index is 0.336. The summed E-state index contributed by atoms with van der Waals surface area (Å²) in [5, 5.41) is 3.36. The molecule has 0 aromatic heterocycles. The van der Waals surface area contributed by atoms with Gasteiger partial charge in [-0.15, -0.1) is 0 Å². The van der Waals surface area contributed by atoms with Gasteiger partial charge in [0.15, 0.2) is 0 Å². The third-order valence-electron chi connectivity index (χ3n) is 3.04. The minimum absolute atomic E-state index is 0.336. The molecule has 0 atom stereocenters. The van der Waals surface area contributed by atoms with Crippen LogP contribution in [-0.2, 0) is 4.79 Å². The van der Waals surface area contributed by atoms with Crippen LogP contribution in [0.2, 0.25) is 0 Å². The predicted octanol–water partition coefficient (Wildman–Crippen LogP) is 3.19. The van der Waals surface area contributed by atoms with Crippen LogP contribution in [-0.4, -0.2) is 36.5 Å². The van der Waals surface area contributed by atoms with Gasteiger partial charge in [0.1, 0.15) is 0 Å². The maximum absolute atomic E-state index is 12.1. The molecule has 108 valence electrons. The van der Waals surface area contributed by atoms with Crippen molar-refractivity contribution >= 4 is 5.91 Å².